The fourth-order valence-electron chi connectivity index (χ4n) is 2.73. The van der Waals surface area contributed by atoms with E-state index in [0.29, 0.717) is 29.0 Å². The number of aliphatic imine (C=N–C) groups is 1. The molecule has 0 saturated heterocycles. The Labute approximate surface area is 193 Å². The van der Waals surface area contributed by atoms with Crippen molar-refractivity contribution in [3.05, 3.63) is 89.5 Å². The highest BCUT2D eigenvalue weighted by atomic mass is 16.6. The van der Waals surface area contributed by atoms with Gasteiger partial charge < -0.3 is 14.2 Å². The van der Waals surface area contributed by atoms with Gasteiger partial charge in [-0.25, -0.2) is 9.59 Å². The van der Waals surface area contributed by atoms with Crippen LogP contribution in [0.1, 0.15) is 53.5 Å². The number of carbonyl (C=O) groups is 2. The van der Waals surface area contributed by atoms with Crippen molar-refractivity contribution in [3.63, 3.8) is 0 Å². The fourth-order valence-corrected chi connectivity index (χ4v) is 2.73. The quantitative estimate of drug-likeness (QED) is 0.241. The van der Waals surface area contributed by atoms with E-state index in [1.807, 2.05) is 45.0 Å². The second-order valence-corrected chi connectivity index (χ2v) is 7.99. The van der Waals surface area contributed by atoms with E-state index < -0.39 is 17.5 Å². The molecular formula is C27H27NO5. The van der Waals surface area contributed by atoms with Crippen LogP contribution in [0.25, 0.3) is 0 Å². The van der Waals surface area contributed by atoms with Crippen molar-refractivity contribution in [1.82, 2.24) is 0 Å². The summed E-state index contributed by atoms with van der Waals surface area (Å²) < 4.78 is 16.0. The third-order valence-corrected chi connectivity index (χ3v) is 5.10. The van der Waals surface area contributed by atoms with E-state index in [1.165, 1.54) is 0 Å². The highest BCUT2D eigenvalue weighted by Gasteiger charge is 2.21. The summed E-state index contributed by atoms with van der Waals surface area (Å²) in [5.41, 5.74) is 1.90. The molecule has 6 nitrogen and oxygen atoms in total. The maximum absolute atomic E-state index is 12.4. The van der Waals surface area contributed by atoms with Crippen LogP contribution in [0.4, 0.5) is 5.69 Å². The van der Waals surface area contributed by atoms with E-state index >= 15 is 0 Å². The SMILES string of the molecule is CCC(C)(C)OC(=O)c1ccc(OC(=O)c2ccc(N=Cc3ccc(OC)cc3)cc2)cc1. The third kappa shape index (κ3) is 6.77. The van der Waals surface area contributed by atoms with Gasteiger partial charge in [0.25, 0.3) is 0 Å². The van der Waals surface area contributed by atoms with Crippen molar-refractivity contribution in [2.45, 2.75) is 32.8 Å². The number of nitrogens with zero attached hydrogens (tertiary/aromatic N) is 1. The number of hydrogen-bond acceptors (Lipinski definition) is 6. The molecule has 0 N–H and O–H groups in total. The first kappa shape index (κ1) is 23.7. The van der Waals surface area contributed by atoms with Gasteiger partial charge in [0, 0.05) is 6.21 Å². The first-order valence-corrected chi connectivity index (χ1v) is 10.6. The van der Waals surface area contributed by atoms with Crippen molar-refractivity contribution in [3.8, 4) is 11.5 Å². The molecule has 3 aromatic carbocycles. The lowest BCUT2D eigenvalue weighted by Gasteiger charge is -2.23. The molecule has 0 radical (unpaired) electrons. The lowest BCUT2D eigenvalue weighted by molar-refractivity contribution is -0.00243. The fraction of sp³-hybridized carbons (Fsp3) is 0.222. The summed E-state index contributed by atoms with van der Waals surface area (Å²) in [6, 6.07) is 20.6. The van der Waals surface area contributed by atoms with Crippen LogP contribution in [0.15, 0.2) is 77.8 Å². The van der Waals surface area contributed by atoms with Crippen molar-refractivity contribution >= 4 is 23.8 Å². The number of hydrogen-bond donors (Lipinski definition) is 0. The standard InChI is InChI=1S/C27H27NO5/c1-5-27(2,3)33-26(30)21-10-16-24(17-11-21)32-25(29)20-8-12-22(13-9-20)28-18-19-6-14-23(31-4)15-7-19/h6-18H,5H2,1-4H3. The summed E-state index contributed by atoms with van der Waals surface area (Å²) in [5, 5.41) is 0. The Morgan fingerprint density at radius 1 is 0.818 bits per heavy atom. The average Bonchev–Trinajstić information content (AvgIpc) is 2.83. The molecular weight excluding hydrogens is 418 g/mol. The molecule has 0 bridgehead atoms. The topological polar surface area (TPSA) is 74.2 Å². The van der Waals surface area contributed by atoms with Crippen LogP contribution in [-0.4, -0.2) is 30.9 Å². The molecule has 0 atom stereocenters. The molecule has 0 amide bonds. The van der Waals surface area contributed by atoms with Gasteiger partial charge in [0.05, 0.1) is 23.9 Å². The monoisotopic (exact) mass is 445 g/mol. The Kier molecular flexibility index (Phi) is 7.61. The van der Waals surface area contributed by atoms with Gasteiger partial charge in [0.2, 0.25) is 0 Å². The lowest BCUT2D eigenvalue weighted by Crippen LogP contribution is -2.27. The Balaban J connectivity index is 1.59. The zero-order valence-electron chi connectivity index (χ0n) is 19.2. The van der Waals surface area contributed by atoms with Crippen molar-refractivity contribution in [2.24, 2.45) is 4.99 Å². The van der Waals surface area contributed by atoms with Crippen molar-refractivity contribution in [2.75, 3.05) is 7.11 Å². The van der Waals surface area contributed by atoms with Gasteiger partial charge in [0.1, 0.15) is 17.1 Å². The summed E-state index contributed by atoms with van der Waals surface area (Å²) in [6.45, 7) is 5.67. The van der Waals surface area contributed by atoms with Gasteiger partial charge in [-0.2, -0.15) is 0 Å². The molecule has 6 heteroatoms. The minimum Gasteiger partial charge on any atom is -0.497 e. The maximum Gasteiger partial charge on any atom is 0.343 e. The number of benzene rings is 3. The van der Waals surface area contributed by atoms with Crippen LogP contribution >= 0.6 is 0 Å². The summed E-state index contributed by atoms with van der Waals surface area (Å²) in [5.74, 6) is 0.214. The second-order valence-electron chi connectivity index (χ2n) is 7.99. The molecule has 3 aromatic rings. The van der Waals surface area contributed by atoms with E-state index in [9.17, 15) is 9.59 Å². The molecule has 0 aliphatic carbocycles. The minimum atomic E-state index is -0.535. The molecule has 0 aromatic heterocycles. The molecule has 0 unspecified atom stereocenters. The van der Waals surface area contributed by atoms with E-state index in [-0.39, 0.29) is 0 Å². The Hall–Kier alpha value is -3.93. The molecule has 3 rings (SSSR count). The van der Waals surface area contributed by atoms with Crippen LogP contribution in [0.3, 0.4) is 0 Å². The highest BCUT2D eigenvalue weighted by molar-refractivity contribution is 5.92. The van der Waals surface area contributed by atoms with Gasteiger partial charge in [-0.05, 0) is 98.6 Å². The highest BCUT2D eigenvalue weighted by Crippen LogP contribution is 2.20. The first-order valence-electron chi connectivity index (χ1n) is 10.6. The summed E-state index contributed by atoms with van der Waals surface area (Å²) in [4.78, 5) is 29.1. The predicted octanol–water partition coefficient (Wildman–Crippen LogP) is 6.01. The summed E-state index contributed by atoms with van der Waals surface area (Å²) >= 11 is 0. The van der Waals surface area contributed by atoms with Crippen molar-refractivity contribution < 1.29 is 23.8 Å². The van der Waals surface area contributed by atoms with Crippen LogP contribution in [0, 0.1) is 0 Å². The molecule has 0 saturated carbocycles. The van der Waals surface area contributed by atoms with Crippen LogP contribution < -0.4 is 9.47 Å². The lowest BCUT2D eigenvalue weighted by atomic mass is 10.1. The van der Waals surface area contributed by atoms with Crippen LogP contribution in [0.5, 0.6) is 11.5 Å². The third-order valence-electron chi connectivity index (χ3n) is 5.10. The molecule has 0 fully saturated rings. The molecule has 0 heterocycles. The number of methoxy groups -OCH3 is 1. The molecule has 0 spiro atoms. The smallest absolute Gasteiger partial charge is 0.343 e. The summed E-state index contributed by atoms with van der Waals surface area (Å²) in [6.07, 6.45) is 2.45. The number of esters is 2. The average molecular weight is 446 g/mol. The zero-order chi connectivity index (χ0) is 23.8. The molecule has 0 aliphatic rings. The van der Waals surface area contributed by atoms with Crippen LogP contribution in [0.2, 0.25) is 0 Å². The van der Waals surface area contributed by atoms with Crippen LogP contribution in [-0.2, 0) is 4.74 Å². The van der Waals surface area contributed by atoms with E-state index in [2.05, 4.69) is 4.99 Å². The Morgan fingerprint density at radius 3 is 1.94 bits per heavy atom. The normalized spacial score (nSPS) is 11.3. The van der Waals surface area contributed by atoms with Gasteiger partial charge in [-0.1, -0.05) is 6.92 Å². The number of ether oxygens (including phenoxy) is 3. The Morgan fingerprint density at radius 2 is 1.36 bits per heavy atom. The molecule has 170 valence electrons. The maximum atomic E-state index is 12.4. The van der Waals surface area contributed by atoms with Gasteiger partial charge in [0.15, 0.2) is 0 Å². The van der Waals surface area contributed by atoms with Gasteiger partial charge in [-0.15, -0.1) is 0 Å². The zero-order valence-corrected chi connectivity index (χ0v) is 19.2. The second kappa shape index (κ2) is 10.6. The molecule has 0 aliphatic heterocycles. The van der Waals surface area contributed by atoms with Gasteiger partial charge >= 0.3 is 11.9 Å². The first-order chi connectivity index (χ1) is 15.8. The minimum absolute atomic E-state index is 0.341. The Bertz CT molecular complexity index is 1110. The largest absolute Gasteiger partial charge is 0.497 e. The summed E-state index contributed by atoms with van der Waals surface area (Å²) in [7, 11) is 1.62. The van der Waals surface area contributed by atoms with E-state index in [4.69, 9.17) is 14.2 Å². The number of rotatable bonds is 8. The van der Waals surface area contributed by atoms with E-state index in [1.54, 1.807) is 61.9 Å². The van der Waals surface area contributed by atoms with Crippen molar-refractivity contribution in [1.29, 1.82) is 0 Å². The predicted molar refractivity (Wildman–Crippen MR) is 128 cm³/mol. The number of carbonyl (C=O) groups excluding carboxylic acids is 2. The van der Waals surface area contributed by atoms with Gasteiger partial charge in [-0.3, -0.25) is 4.99 Å². The molecule has 33 heavy (non-hydrogen) atoms. The van der Waals surface area contributed by atoms with E-state index in [0.717, 1.165) is 11.3 Å².